The molecule has 1 rings (SSSR count). The summed E-state index contributed by atoms with van der Waals surface area (Å²) in [6.45, 7) is 11.7. The zero-order valence-electron chi connectivity index (χ0n) is 14.1. The first-order valence-corrected chi connectivity index (χ1v) is 8.73. The lowest BCUT2D eigenvalue weighted by Crippen LogP contribution is -2.02. The molecule has 0 heteroatoms. The summed E-state index contributed by atoms with van der Waals surface area (Å²) >= 11 is 0. The van der Waals surface area contributed by atoms with Crippen LogP contribution < -0.4 is 0 Å². The maximum atomic E-state index is 2.42. The van der Waals surface area contributed by atoms with E-state index in [1.807, 2.05) is 0 Å². The van der Waals surface area contributed by atoms with E-state index in [1.165, 1.54) is 57.8 Å². The van der Waals surface area contributed by atoms with Crippen molar-refractivity contribution in [2.24, 2.45) is 17.8 Å². The lowest BCUT2D eigenvalue weighted by atomic mass is 9.89. The van der Waals surface area contributed by atoms with Crippen LogP contribution in [0.2, 0.25) is 0 Å². The molecule has 0 saturated heterocycles. The van der Waals surface area contributed by atoms with Crippen LogP contribution in [0.1, 0.15) is 92.4 Å². The summed E-state index contributed by atoms with van der Waals surface area (Å²) in [5.74, 6) is 3.11. The van der Waals surface area contributed by atoms with Crippen molar-refractivity contribution in [3.8, 4) is 0 Å². The van der Waals surface area contributed by atoms with Gasteiger partial charge in [0.05, 0.1) is 0 Å². The first-order valence-electron chi connectivity index (χ1n) is 8.73. The molecule has 0 aliphatic heterocycles. The fraction of sp³-hybridized carbons (Fsp3) is 0.895. The summed E-state index contributed by atoms with van der Waals surface area (Å²) in [4.78, 5) is 0. The van der Waals surface area contributed by atoms with Gasteiger partial charge < -0.3 is 0 Å². The Morgan fingerprint density at radius 1 is 1.05 bits per heavy atom. The van der Waals surface area contributed by atoms with Gasteiger partial charge in [0.25, 0.3) is 0 Å². The standard InChI is InChI=1S/C19H36/c1-6-8-9-18(12-13-19-14-17(19)5)11-10-16(4)15(3)7-2/h17-19H,6-14H2,1-5H3. The van der Waals surface area contributed by atoms with Crippen molar-refractivity contribution in [3.05, 3.63) is 11.1 Å². The maximum Gasteiger partial charge on any atom is -0.0318 e. The molecule has 0 aromatic heterocycles. The molecule has 0 aromatic rings. The van der Waals surface area contributed by atoms with Crippen LogP contribution in [0.25, 0.3) is 0 Å². The molecule has 112 valence electrons. The Morgan fingerprint density at radius 2 is 1.74 bits per heavy atom. The molecule has 0 amide bonds. The minimum Gasteiger partial charge on any atom is -0.0747 e. The van der Waals surface area contributed by atoms with Gasteiger partial charge in [-0.15, -0.1) is 0 Å². The van der Waals surface area contributed by atoms with E-state index in [4.69, 9.17) is 0 Å². The molecule has 3 unspecified atom stereocenters. The average molecular weight is 264 g/mol. The molecule has 0 nitrogen and oxygen atoms in total. The van der Waals surface area contributed by atoms with Crippen LogP contribution >= 0.6 is 0 Å². The molecule has 1 fully saturated rings. The highest BCUT2D eigenvalue weighted by Gasteiger charge is 2.32. The Labute approximate surface area is 122 Å². The number of allylic oxidation sites excluding steroid dienone is 2. The van der Waals surface area contributed by atoms with E-state index in [1.54, 1.807) is 11.1 Å². The van der Waals surface area contributed by atoms with Crippen LogP contribution in [0.3, 0.4) is 0 Å². The SMILES string of the molecule is CCCCC(CCC(C)=C(C)CC)CCC1CC1C. The molecule has 3 atom stereocenters. The first-order chi connectivity index (χ1) is 9.08. The van der Waals surface area contributed by atoms with Crippen LogP contribution in [-0.4, -0.2) is 0 Å². The van der Waals surface area contributed by atoms with Gasteiger partial charge in [-0.1, -0.05) is 57.6 Å². The second-order valence-corrected chi connectivity index (χ2v) is 7.01. The Hall–Kier alpha value is -0.260. The highest BCUT2D eigenvalue weighted by Crippen LogP contribution is 2.42. The molecular weight excluding hydrogens is 228 g/mol. The summed E-state index contributed by atoms with van der Waals surface area (Å²) in [6, 6.07) is 0. The van der Waals surface area contributed by atoms with E-state index in [-0.39, 0.29) is 0 Å². The smallest absolute Gasteiger partial charge is 0.0318 e. The Bertz CT molecular complexity index is 274. The van der Waals surface area contributed by atoms with E-state index in [9.17, 15) is 0 Å². The van der Waals surface area contributed by atoms with Crippen LogP contribution in [0.15, 0.2) is 11.1 Å². The van der Waals surface area contributed by atoms with E-state index >= 15 is 0 Å². The normalized spacial score (nSPS) is 25.1. The third-order valence-electron chi connectivity index (χ3n) is 5.37. The van der Waals surface area contributed by atoms with Gasteiger partial charge in [0.2, 0.25) is 0 Å². The minimum atomic E-state index is 0.993. The molecule has 1 saturated carbocycles. The maximum absolute atomic E-state index is 2.42. The molecule has 19 heavy (non-hydrogen) atoms. The fourth-order valence-corrected chi connectivity index (χ4v) is 3.11. The second-order valence-electron chi connectivity index (χ2n) is 7.01. The van der Waals surface area contributed by atoms with Gasteiger partial charge >= 0.3 is 0 Å². The predicted molar refractivity (Wildman–Crippen MR) is 87.4 cm³/mol. The van der Waals surface area contributed by atoms with E-state index in [2.05, 4.69) is 34.6 Å². The Kier molecular flexibility index (Phi) is 7.80. The van der Waals surface area contributed by atoms with Crippen LogP contribution in [0.5, 0.6) is 0 Å². The summed E-state index contributed by atoms with van der Waals surface area (Å²) in [5, 5.41) is 0. The number of unbranched alkanes of at least 4 members (excludes halogenated alkanes) is 1. The van der Waals surface area contributed by atoms with Crippen molar-refractivity contribution in [2.75, 3.05) is 0 Å². The zero-order chi connectivity index (χ0) is 14.3. The van der Waals surface area contributed by atoms with Crippen molar-refractivity contribution in [1.29, 1.82) is 0 Å². The average Bonchev–Trinajstić information content (AvgIpc) is 3.12. The van der Waals surface area contributed by atoms with Crippen molar-refractivity contribution in [1.82, 2.24) is 0 Å². The van der Waals surface area contributed by atoms with Crippen LogP contribution in [0.4, 0.5) is 0 Å². The van der Waals surface area contributed by atoms with E-state index in [0.717, 1.165) is 17.8 Å². The first kappa shape index (κ1) is 16.8. The topological polar surface area (TPSA) is 0 Å². The molecule has 0 aromatic carbocycles. The molecule has 0 radical (unpaired) electrons. The lowest BCUT2D eigenvalue weighted by molar-refractivity contribution is 0.382. The summed E-state index contributed by atoms with van der Waals surface area (Å²) in [6.07, 6.45) is 12.8. The summed E-state index contributed by atoms with van der Waals surface area (Å²) < 4.78 is 0. The Morgan fingerprint density at radius 3 is 2.26 bits per heavy atom. The third kappa shape index (κ3) is 6.63. The van der Waals surface area contributed by atoms with E-state index in [0.29, 0.717) is 0 Å². The van der Waals surface area contributed by atoms with Gasteiger partial charge in [-0.2, -0.15) is 0 Å². The van der Waals surface area contributed by atoms with Gasteiger partial charge in [-0.3, -0.25) is 0 Å². The number of hydrogen-bond acceptors (Lipinski definition) is 0. The fourth-order valence-electron chi connectivity index (χ4n) is 3.11. The molecule has 0 spiro atoms. The summed E-state index contributed by atoms with van der Waals surface area (Å²) in [7, 11) is 0. The minimum absolute atomic E-state index is 0.993. The molecular formula is C19H36. The number of rotatable bonds is 10. The van der Waals surface area contributed by atoms with Crippen molar-refractivity contribution < 1.29 is 0 Å². The molecule has 1 aliphatic rings. The summed E-state index contributed by atoms with van der Waals surface area (Å²) in [5.41, 5.74) is 3.27. The molecule has 0 heterocycles. The Balaban J connectivity index is 2.31. The monoisotopic (exact) mass is 264 g/mol. The van der Waals surface area contributed by atoms with Gasteiger partial charge in [-0.25, -0.2) is 0 Å². The van der Waals surface area contributed by atoms with Crippen LogP contribution in [0, 0.1) is 17.8 Å². The second kappa shape index (κ2) is 8.82. The molecule has 1 aliphatic carbocycles. The molecule has 0 N–H and O–H groups in total. The van der Waals surface area contributed by atoms with Crippen LogP contribution in [-0.2, 0) is 0 Å². The van der Waals surface area contributed by atoms with Gasteiger partial charge in [-0.05, 0) is 63.7 Å². The highest BCUT2D eigenvalue weighted by atomic mass is 14.4. The number of hydrogen-bond donors (Lipinski definition) is 0. The molecule has 0 bridgehead atoms. The van der Waals surface area contributed by atoms with Gasteiger partial charge in [0, 0.05) is 0 Å². The van der Waals surface area contributed by atoms with E-state index < -0.39 is 0 Å². The van der Waals surface area contributed by atoms with Crippen molar-refractivity contribution in [2.45, 2.75) is 92.4 Å². The quantitative estimate of drug-likeness (QED) is 0.383. The van der Waals surface area contributed by atoms with Gasteiger partial charge in [0.15, 0.2) is 0 Å². The lowest BCUT2D eigenvalue weighted by Gasteiger charge is -2.17. The zero-order valence-corrected chi connectivity index (χ0v) is 14.1. The van der Waals surface area contributed by atoms with Crippen molar-refractivity contribution >= 4 is 0 Å². The predicted octanol–water partition coefficient (Wildman–Crippen LogP) is 6.76. The van der Waals surface area contributed by atoms with Gasteiger partial charge in [0.1, 0.15) is 0 Å². The highest BCUT2D eigenvalue weighted by molar-refractivity contribution is 5.08. The largest absolute Gasteiger partial charge is 0.0747 e. The van der Waals surface area contributed by atoms with Crippen molar-refractivity contribution in [3.63, 3.8) is 0 Å². The third-order valence-corrected chi connectivity index (χ3v) is 5.37.